The topological polar surface area (TPSA) is 82.6 Å². The van der Waals surface area contributed by atoms with Gasteiger partial charge in [-0.2, -0.15) is 5.10 Å². The van der Waals surface area contributed by atoms with Crippen molar-refractivity contribution < 1.29 is 0 Å². The number of pyridine rings is 2. The molecule has 4 aromatic rings. The molecule has 154 valence electrons. The fourth-order valence-electron chi connectivity index (χ4n) is 3.93. The fraction of sp³-hybridized carbons (Fsp3) is 0.364. The summed E-state index contributed by atoms with van der Waals surface area (Å²) in [5, 5.41) is 11.2. The summed E-state index contributed by atoms with van der Waals surface area (Å²) in [5.74, 6) is 0.826. The largest absolute Gasteiger partial charge is 0.316 e. The zero-order valence-electron chi connectivity index (χ0n) is 17.1. The highest BCUT2D eigenvalue weighted by Gasteiger charge is 2.12. The molecule has 0 bridgehead atoms. The van der Waals surface area contributed by atoms with E-state index in [1.807, 2.05) is 31.5 Å². The minimum absolute atomic E-state index is 0.804. The van der Waals surface area contributed by atoms with Crippen LogP contribution in [0.3, 0.4) is 0 Å². The first kappa shape index (κ1) is 19.1. The second-order valence-corrected chi connectivity index (χ2v) is 8.79. The first-order chi connectivity index (χ1) is 14.7. The summed E-state index contributed by atoms with van der Waals surface area (Å²) in [6, 6.07) is 8.23. The number of fused-ring (bicyclic) bond motifs is 1. The van der Waals surface area contributed by atoms with E-state index in [4.69, 9.17) is 4.98 Å². The highest BCUT2D eigenvalue weighted by atomic mass is 32.1. The number of aryl methyl sites for hydroxylation is 1. The molecule has 0 atom stereocenters. The van der Waals surface area contributed by atoms with Gasteiger partial charge in [0.15, 0.2) is 5.13 Å². The molecule has 5 heterocycles. The number of hydrogen-bond donors (Lipinski definition) is 2. The molecule has 4 aromatic heterocycles. The Bertz CT molecular complexity index is 1140. The molecule has 7 nitrogen and oxygen atoms in total. The molecule has 30 heavy (non-hydrogen) atoms. The van der Waals surface area contributed by atoms with E-state index >= 15 is 0 Å². The standard InChI is InChI=1S/C22H25N7S/c1-15-17(13-24-28-15)18-6-7-19-21(25-18)30-22(26-19)27-20-12-16(8-9-23-20)14-29-10-4-2-3-5-11-29/h6-9,12-13H,2-5,10-11,14H2,1H3,(H,24,28)(H,23,26,27). The van der Waals surface area contributed by atoms with Gasteiger partial charge >= 0.3 is 0 Å². The molecule has 0 amide bonds. The minimum atomic E-state index is 0.804. The molecule has 0 aliphatic carbocycles. The van der Waals surface area contributed by atoms with E-state index < -0.39 is 0 Å². The van der Waals surface area contributed by atoms with Crippen LogP contribution in [0.25, 0.3) is 21.6 Å². The van der Waals surface area contributed by atoms with Crippen LogP contribution < -0.4 is 5.32 Å². The third-order valence-electron chi connectivity index (χ3n) is 5.53. The summed E-state index contributed by atoms with van der Waals surface area (Å²) in [6.07, 6.45) is 9.00. The molecule has 2 N–H and O–H groups in total. The quantitative estimate of drug-likeness (QED) is 0.478. The van der Waals surface area contributed by atoms with Crippen LogP contribution in [-0.2, 0) is 6.54 Å². The van der Waals surface area contributed by atoms with E-state index in [0.29, 0.717) is 0 Å². The number of rotatable bonds is 5. The third-order valence-corrected chi connectivity index (χ3v) is 6.41. The average Bonchev–Trinajstić information content (AvgIpc) is 3.26. The smallest absolute Gasteiger partial charge is 0.190 e. The van der Waals surface area contributed by atoms with Crippen LogP contribution in [0.5, 0.6) is 0 Å². The first-order valence-electron chi connectivity index (χ1n) is 10.5. The average molecular weight is 420 g/mol. The summed E-state index contributed by atoms with van der Waals surface area (Å²) >= 11 is 1.54. The molecule has 1 aliphatic heterocycles. The van der Waals surface area contributed by atoms with Gasteiger partial charge in [-0.05, 0) is 62.7 Å². The Morgan fingerprint density at radius 2 is 1.97 bits per heavy atom. The van der Waals surface area contributed by atoms with Crippen molar-refractivity contribution in [3.8, 4) is 11.3 Å². The maximum absolute atomic E-state index is 4.77. The van der Waals surface area contributed by atoms with Crippen molar-refractivity contribution in [2.24, 2.45) is 0 Å². The normalized spacial score (nSPS) is 15.4. The Hall–Kier alpha value is -2.84. The van der Waals surface area contributed by atoms with Gasteiger partial charge in [-0.3, -0.25) is 10.00 Å². The molecule has 0 aromatic carbocycles. The number of anilines is 2. The third kappa shape index (κ3) is 4.20. The van der Waals surface area contributed by atoms with E-state index in [9.17, 15) is 0 Å². The molecular formula is C22H25N7S. The monoisotopic (exact) mass is 419 g/mol. The van der Waals surface area contributed by atoms with Gasteiger partial charge in [0.05, 0.1) is 11.9 Å². The van der Waals surface area contributed by atoms with Crippen molar-refractivity contribution in [1.29, 1.82) is 0 Å². The minimum Gasteiger partial charge on any atom is -0.316 e. The molecule has 1 aliphatic rings. The molecule has 1 fully saturated rings. The van der Waals surface area contributed by atoms with Crippen molar-refractivity contribution in [1.82, 2.24) is 30.0 Å². The van der Waals surface area contributed by atoms with E-state index in [1.165, 1.54) is 55.7 Å². The van der Waals surface area contributed by atoms with Crippen molar-refractivity contribution in [3.05, 3.63) is 47.9 Å². The van der Waals surface area contributed by atoms with Crippen LogP contribution in [0.1, 0.15) is 36.9 Å². The van der Waals surface area contributed by atoms with E-state index in [0.717, 1.165) is 44.8 Å². The molecule has 5 rings (SSSR count). The van der Waals surface area contributed by atoms with Crippen LogP contribution in [0.4, 0.5) is 10.9 Å². The lowest BCUT2D eigenvalue weighted by molar-refractivity contribution is 0.277. The fourth-order valence-corrected chi connectivity index (χ4v) is 4.78. The maximum atomic E-state index is 4.77. The Kier molecular flexibility index (Phi) is 5.42. The van der Waals surface area contributed by atoms with Crippen LogP contribution in [0.2, 0.25) is 0 Å². The summed E-state index contributed by atoms with van der Waals surface area (Å²) in [5.41, 5.74) is 5.10. The Morgan fingerprint density at radius 3 is 2.77 bits per heavy atom. The second-order valence-electron chi connectivity index (χ2n) is 7.81. The summed E-state index contributed by atoms with van der Waals surface area (Å²) in [4.78, 5) is 17.4. The van der Waals surface area contributed by atoms with Crippen molar-refractivity contribution in [2.75, 3.05) is 18.4 Å². The van der Waals surface area contributed by atoms with Crippen molar-refractivity contribution in [2.45, 2.75) is 39.2 Å². The zero-order chi connectivity index (χ0) is 20.3. The number of nitrogens with one attached hydrogen (secondary N) is 2. The maximum Gasteiger partial charge on any atom is 0.190 e. The lowest BCUT2D eigenvalue weighted by Gasteiger charge is -2.19. The van der Waals surface area contributed by atoms with Crippen LogP contribution in [0.15, 0.2) is 36.7 Å². The van der Waals surface area contributed by atoms with Gasteiger partial charge in [0.2, 0.25) is 0 Å². The highest BCUT2D eigenvalue weighted by Crippen LogP contribution is 2.29. The number of nitrogens with zero attached hydrogens (tertiary/aromatic N) is 5. The zero-order valence-corrected chi connectivity index (χ0v) is 17.9. The second kappa shape index (κ2) is 8.49. The Labute approximate surface area is 179 Å². The van der Waals surface area contributed by atoms with Gasteiger partial charge in [0.1, 0.15) is 16.2 Å². The van der Waals surface area contributed by atoms with E-state index in [1.54, 1.807) is 0 Å². The Morgan fingerprint density at radius 1 is 1.10 bits per heavy atom. The predicted octanol–water partition coefficient (Wildman–Crippen LogP) is 4.90. The predicted molar refractivity (Wildman–Crippen MR) is 121 cm³/mol. The number of thiazole rings is 1. The lowest BCUT2D eigenvalue weighted by Crippen LogP contribution is -2.23. The van der Waals surface area contributed by atoms with Gasteiger partial charge in [-0.25, -0.2) is 15.0 Å². The molecule has 1 saturated heterocycles. The summed E-state index contributed by atoms with van der Waals surface area (Å²) in [6.45, 7) is 5.35. The SMILES string of the molecule is Cc1[nH]ncc1-c1ccc2nc(Nc3cc(CN4CCCCCC4)ccn3)sc2n1. The number of likely N-dealkylation sites (tertiary alicyclic amines) is 1. The first-order valence-corrected chi connectivity index (χ1v) is 11.3. The van der Waals surface area contributed by atoms with Crippen molar-refractivity contribution >= 4 is 32.6 Å². The molecule has 0 radical (unpaired) electrons. The van der Waals surface area contributed by atoms with Gasteiger partial charge in [-0.15, -0.1) is 0 Å². The Balaban J connectivity index is 1.33. The number of H-pyrrole nitrogens is 1. The summed E-state index contributed by atoms with van der Waals surface area (Å²) < 4.78 is 0. The van der Waals surface area contributed by atoms with Crippen LogP contribution in [-0.4, -0.2) is 43.1 Å². The summed E-state index contributed by atoms with van der Waals surface area (Å²) in [7, 11) is 0. The molecule has 0 spiro atoms. The molecular weight excluding hydrogens is 394 g/mol. The van der Waals surface area contributed by atoms with Gasteiger partial charge in [0, 0.05) is 24.0 Å². The number of hydrogen-bond acceptors (Lipinski definition) is 7. The molecule has 0 saturated carbocycles. The van der Waals surface area contributed by atoms with Gasteiger partial charge < -0.3 is 5.32 Å². The van der Waals surface area contributed by atoms with Crippen LogP contribution in [0, 0.1) is 6.92 Å². The number of aromatic nitrogens is 5. The van der Waals surface area contributed by atoms with Gasteiger partial charge in [-0.1, -0.05) is 24.2 Å². The highest BCUT2D eigenvalue weighted by molar-refractivity contribution is 7.21. The van der Waals surface area contributed by atoms with Crippen molar-refractivity contribution in [3.63, 3.8) is 0 Å². The molecule has 8 heteroatoms. The van der Waals surface area contributed by atoms with Crippen LogP contribution >= 0.6 is 11.3 Å². The van der Waals surface area contributed by atoms with Gasteiger partial charge in [0.25, 0.3) is 0 Å². The lowest BCUT2D eigenvalue weighted by atomic mass is 10.2. The van der Waals surface area contributed by atoms with E-state index in [-0.39, 0.29) is 0 Å². The van der Waals surface area contributed by atoms with E-state index in [2.05, 4.69) is 42.5 Å². The molecule has 0 unspecified atom stereocenters. The number of aromatic amines is 1.